The molecular weight excluding hydrogens is 509 g/mol. The van der Waals surface area contributed by atoms with Crippen LogP contribution in [0.4, 0.5) is 22.0 Å². The molecule has 0 saturated carbocycles. The van der Waals surface area contributed by atoms with Crippen molar-refractivity contribution in [3.63, 3.8) is 0 Å². The first kappa shape index (κ1) is 28.0. The molecule has 0 fully saturated rings. The molecule has 1 atom stereocenters. The van der Waals surface area contributed by atoms with Crippen LogP contribution in [0.3, 0.4) is 0 Å². The van der Waals surface area contributed by atoms with Crippen molar-refractivity contribution in [1.29, 1.82) is 0 Å². The van der Waals surface area contributed by atoms with Gasteiger partial charge in [0.25, 0.3) is 11.8 Å². The Hall–Kier alpha value is -4.00. The van der Waals surface area contributed by atoms with Gasteiger partial charge in [-0.25, -0.2) is 22.0 Å². The largest absolute Gasteiger partial charge is 0.338 e. The van der Waals surface area contributed by atoms with E-state index in [4.69, 9.17) is 0 Å². The highest BCUT2D eigenvalue weighted by Gasteiger charge is 2.39. The Morgan fingerprint density at radius 1 is 0.667 bits per heavy atom. The van der Waals surface area contributed by atoms with Crippen molar-refractivity contribution in [2.75, 3.05) is 0 Å². The summed E-state index contributed by atoms with van der Waals surface area (Å²) < 4.78 is 72.1. The van der Waals surface area contributed by atoms with Gasteiger partial charge < -0.3 is 5.32 Å². The molecule has 0 aliphatic heterocycles. The van der Waals surface area contributed by atoms with Crippen molar-refractivity contribution >= 4 is 5.91 Å². The highest BCUT2D eigenvalue weighted by atomic mass is 19.3. The maximum absolute atomic E-state index is 15.1. The van der Waals surface area contributed by atoms with Crippen molar-refractivity contribution < 1.29 is 26.7 Å². The second-order valence-corrected chi connectivity index (χ2v) is 10.2. The van der Waals surface area contributed by atoms with Crippen LogP contribution in [0.2, 0.25) is 0 Å². The highest BCUT2D eigenvalue weighted by molar-refractivity contribution is 5.95. The molecule has 0 radical (unpaired) electrons. The van der Waals surface area contributed by atoms with Gasteiger partial charge in [0.2, 0.25) is 0 Å². The molecule has 0 aliphatic carbocycles. The van der Waals surface area contributed by atoms with E-state index in [9.17, 15) is 22.4 Å². The molecule has 0 aromatic heterocycles. The quantitative estimate of drug-likeness (QED) is 0.226. The predicted octanol–water partition coefficient (Wildman–Crippen LogP) is 8.20. The van der Waals surface area contributed by atoms with E-state index in [-0.39, 0.29) is 17.5 Å². The average molecular weight is 538 g/mol. The summed E-state index contributed by atoms with van der Waals surface area (Å²) in [5.41, 5.74) is -2.09. The molecule has 0 bridgehead atoms. The van der Waals surface area contributed by atoms with Crippen LogP contribution in [0, 0.1) is 11.6 Å². The van der Waals surface area contributed by atoms with Gasteiger partial charge >= 0.3 is 0 Å². The van der Waals surface area contributed by atoms with E-state index in [2.05, 4.69) is 5.32 Å². The Bertz CT molecular complexity index is 1390. The number of rotatable bonds is 8. The van der Waals surface area contributed by atoms with Gasteiger partial charge in [-0.3, -0.25) is 4.79 Å². The number of hydrogen-bond donors (Lipinski definition) is 1. The zero-order valence-electron chi connectivity index (χ0n) is 21.7. The smallest absolute Gasteiger partial charge is 0.270 e. The highest BCUT2D eigenvalue weighted by Crippen LogP contribution is 2.39. The van der Waals surface area contributed by atoms with Gasteiger partial charge in [0.05, 0.1) is 5.54 Å². The van der Waals surface area contributed by atoms with Gasteiger partial charge in [-0.15, -0.1) is 0 Å². The van der Waals surface area contributed by atoms with Crippen LogP contribution < -0.4 is 5.32 Å². The Morgan fingerprint density at radius 2 is 1.18 bits per heavy atom. The van der Waals surface area contributed by atoms with Gasteiger partial charge in [0, 0.05) is 30.5 Å². The van der Waals surface area contributed by atoms with Crippen LogP contribution in [-0.2, 0) is 23.6 Å². The number of hydrogen-bond acceptors (Lipinski definition) is 1. The second-order valence-electron chi connectivity index (χ2n) is 10.2. The molecule has 1 amide bonds. The molecule has 4 rings (SSSR count). The molecule has 4 aromatic carbocycles. The van der Waals surface area contributed by atoms with Gasteiger partial charge in [0.1, 0.15) is 17.3 Å². The number of nitrogens with one attached hydrogen (secondary N) is 1. The molecule has 39 heavy (non-hydrogen) atoms. The molecule has 0 spiro atoms. The fraction of sp³-hybridized carbons (Fsp3) is 0.219. The lowest BCUT2D eigenvalue weighted by Crippen LogP contribution is -2.49. The summed E-state index contributed by atoms with van der Waals surface area (Å²) in [6.45, 7) is 3.54. The predicted molar refractivity (Wildman–Crippen MR) is 141 cm³/mol. The Labute approximate surface area is 224 Å². The summed E-state index contributed by atoms with van der Waals surface area (Å²) >= 11 is 0. The van der Waals surface area contributed by atoms with Gasteiger partial charge in [-0.1, -0.05) is 66.7 Å². The lowest BCUT2D eigenvalue weighted by molar-refractivity contribution is 0.0173. The van der Waals surface area contributed by atoms with E-state index < -0.39 is 34.7 Å². The van der Waals surface area contributed by atoms with Crippen LogP contribution in [0.15, 0.2) is 97.1 Å². The lowest BCUT2D eigenvalue weighted by Gasteiger charge is -2.37. The second kappa shape index (κ2) is 10.6. The normalized spacial score (nSPS) is 13.5. The first-order chi connectivity index (χ1) is 18.3. The first-order valence-corrected chi connectivity index (χ1v) is 12.4. The topological polar surface area (TPSA) is 29.1 Å². The molecule has 2 nitrogen and oxygen atoms in total. The van der Waals surface area contributed by atoms with E-state index in [0.717, 1.165) is 24.6 Å². The Balaban J connectivity index is 2.01. The van der Waals surface area contributed by atoms with Gasteiger partial charge in [0.15, 0.2) is 0 Å². The summed E-state index contributed by atoms with van der Waals surface area (Å²) in [5.74, 6) is -5.90. The molecule has 1 unspecified atom stereocenters. The molecule has 202 valence electrons. The third-order valence-corrected chi connectivity index (χ3v) is 6.67. The summed E-state index contributed by atoms with van der Waals surface area (Å²) in [7, 11) is 0. The SMILES string of the molecule is CC(C)(F)c1cccc(C(Cc2ccccc2)(NC(=O)c2cc(F)cc(F)c2)c2cccc(C(C)(F)F)c2)c1. The summed E-state index contributed by atoms with van der Waals surface area (Å²) in [5, 5.41) is 2.90. The first-order valence-electron chi connectivity index (χ1n) is 12.4. The van der Waals surface area contributed by atoms with Gasteiger partial charge in [-0.2, -0.15) is 0 Å². The lowest BCUT2D eigenvalue weighted by atomic mass is 9.76. The fourth-order valence-electron chi connectivity index (χ4n) is 4.62. The van der Waals surface area contributed by atoms with E-state index in [1.807, 2.05) is 18.2 Å². The summed E-state index contributed by atoms with van der Waals surface area (Å²) in [6, 6.07) is 23.5. The van der Waals surface area contributed by atoms with Crippen molar-refractivity contribution in [2.24, 2.45) is 0 Å². The average Bonchev–Trinajstić information content (AvgIpc) is 2.87. The van der Waals surface area contributed by atoms with Crippen molar-refractivity contribution in [3.8, 4) is 0 Å². The molecule has 1 N–H and O–H groups in total. The fourth-order valence-corrected chi connectivity index (χ4v) is 4.62. The number of halogens is 5. The number of amides is 1. The third-order valence-electron chi connectivity index (χ3n) is 6.67. The molecule has 4 aromatic rings. The van der Waals surface area contributed by atoms with Crippen LogP contribution in [0.1, 0.15) is 58.9 Å². The van der Waals surface area contributed by atoms with E-state index in [1.165, 1.54) is 32.0 Å². The molecule has 0 aliphatic rings. The van der Waals surface area contributed by atoms with Crippen LogP contribution in [0.5, 0.6) is 0 Å². The molecule has 0 saturated heterocycles. The van der Waals surface area contributed by atoms with Crippen LogP contribution >= 0.6 is 0 Å². The monoisotopic (exact) mass is 537 g/mol. The Morgan fingerprint density at radius 3 is 1.72 bits per heavy atom. The van der Waals surface area contributed by atoms with E-state index in [0.29, 0.717) is 22.8 Å². The minimum absolute atomic E-state index is 0.0757. The summed E-state index contributed by atoms with van der Waals surface area (Å²) in [6.07, 6.45) is 0.0757. The van der Waals surface area contributed by atoms with E-state index >= 15 is 4.39 Å². The summed E-state index contributed by atoms with van der Waals surface area (Å²) in [4.78, 5) is 13.6. The van der Waals surface area contributed by atoms with Gasteiger partial charge in [-0.05, 0) is 60.4 Å². The van der Waals surface area contributed by atoms with Crippen molar-refractivity contribution in [3.05, 3.63) is 142 Å². The number of alkyl halides is 3. The third kappa shape index (κ3) is 6.36. The number of benzene rings is 4. The number of carbonyl (C=O) groups is 1. The minimum Gasteiger partial charge on any atom is -0.338 e. The molecule has 0 heterocycles. The standard InChI is InChI=1S/C32H28F5NO/c1-30(2,35)23-11-7-13-25(17-23)32(20-21-9-5-4-6-10-21,26-14-8-12-24(18-26)31(3,36)37)38-29(39)22-15-27(33)19-28(34)16-22/h4-19H,20H2,1-3H3,(H,38,39). The van der Waals surface area contributed by atoms with Crippen molar-refractivity contribution in [2.45, 2.75) is 44.3 Å². The van der Waals surface area contributed by atoms with Crippen LogP contribution in [-0.4, -0.2) is 5.91 Å². The maximum Gasteiger partial charge on any atom is 0.270 e. The zero-order valence-corrected chi connectivity index (χ0v) is 21.7. The number of carbonyl (C=O) groups excluding carboxylic acids is 1. The van der Waals surface area contributed by atoms with E-state index in [1.54, 1.807) is 42.5 Å². The minimum atomic E-state index is -3.19. The zero-order chi connectivity index (χ0) is 28.4. The Kier molecular flexibility index (Phi) is 7.64. The van der Waals surface area contributed by atoms with Crippen molar-refractivity contribution in [1.82, 2.24) is 5.32 Å². The molecular formula is C32H28F5NO. The maximum atomic E-state index is 15.1. The van der Waals surface area contributed by atoms with Crippen LogP contribution in [0.25, 0.3) is 0 Å². The molecule has 7 heteroatoms.